The highest BCUT2D eigenvalue weighted by atomic mass is 16.5. The van der Waals surface area contributed by atoms with E-state index in [1.54, 1.807) is 0 Å². The number of nitrogens with zero attached hydrogens (tertiary/aromatic N) is 2. The lowest BCUT2D eigenvalue weighted by molar-refractivity contribution is -0.00244. The minimum Gasteiger partial charge on any atom is -0.423 e. The van der Waals surface area contributed by atoms with Crippen molar-refractivity contribution in [3.63, 3.8) is 0 Å². The monoisotopic (exact) mass is 183 g/mol. The summed E-state index contributed by atoms with van der Waals surface area (Å²) in [6.07, 6.45) is 1.09. The van der Waals surface area contributed by atoms with Crippen LogP contribution in [0.4, 0.5) is 0 Å². The molecule has 1 aromatic rings. The quantitative estimate of drug-likeness (QED) is 0.718. The third-order valence-corrected chi connectivity index (χ3v) is 2.00. The summed E-state index contributed by atoms with van der Waals surface area (Å²) in [6, 6.07) is 0. The zero-order valence-corrected chi connectivity index (χ0v) is 7.62. The third-order valence-electron chi connectivity index (χ3n) is 2.00. The van der Waals surface area contributed by atoms with Gasteiger partial charge in [0.25, 0.3) is 0 Å². The van der Waals surface area contributed by atoms with Crippen LogP contribution in [0, 0.1) is 0 Å². The first-order chi connectivity index (χ1) is 6.38. The molecule has 0 amide bonds. The Balaban J connectivity index is 1.79. The van der Waals surface area contributed by atoms with E-state index in [0.29, 0.717) is 24.5 Å². The van der Waals surface area contributed by atoms with E-state index in [9.17, 15) is 0 Å². The van der Waals surface area contributed by atoms with Gasteiger partial charge >= 0.3 is 0 Å². The Morgan fingerprint density at radius 2 is 2.23 bits per heavy atom. The molecule has 0 aliphatic carbocycles. The molecule has 1 fully saturated rings. The molecule has 1 aliphatic rings. The number of aryl methyl sites for hydroxylation is 1. The summed E-state index contributed by atoms with van der Waals surface area (Å²) in [7, 11) is 0. The van der Waals surface area contributed by atoms with Crippen LogP contribution in [0.2, 0.25) is 0 Å². The van der Waals surface area contributed by atoms with Gasteiger partial charge in [-0.15, -0.1) is 10.2 Å². The number of rotatable bonds is 4. The van der Waals surface area contributed by atoms with Crippen LogP contribution in [0.5, 0.6) is 0 Å². The first-order valence-corrected chi connectivity index (χ1v) is 4.52. The highest BCUT2D eigenvalue weighted by molar-refractivity contribution is 4.81. The van der Waals surface area contributed by atoms with Crippen molar-refractivity contribution in [1.29, 1.82) is 0 Å². The molecular weight excluding hydrogens is 170 g/mol. The van der Waals surface area contributed by atoms with Gasteiger partial charge in [0.2, 0.25) is 11.8 Å². The molecule has 2 rings (SSSR count). The van der Waals surface area contributed by atoms with Crippen LogP contribution >= 0.6 is 0 Å². The molecule has 72 valence electrons. The fourth-order valence-electron chi connectivity index (χ4n) is 1.06. The Morgan fingerprint density at radius 1 is 1.46 bits per heavy atom. The molecular formula is C8H13N3O2. The molecule has 0 atom stereocenters. The zero-order valence-electron chi connectivity index (χ0n) is 7.62. The van der Waals surface area contributed by atoms with Crippen LogP contribution in [0.15, 0.2) is 4.42 Å². The fourth-order valence-corrected chi connectivity index (χ4v) is 1.06. The molecule has 0 spiro atoms. The van der Waals surface area contributed by atoms with Crippen molar-refractivity contribution >= 4 is 0 Å². The van der Waals surface area contributed by atoms with Crippen molar-refractivity contribution in [2.75, 3.05) is 13.1 Å². The molecule has 13 heavy (non-hydrogen) atoms. The molecule has 0 unspecified atom stereocenters. The molecule has 5 heteroatoms. The second kappa shape index (κ2) is 3.85. The van der Waals surface area contributed by atoms with Crippen molar-refractivity contribution in [2.45, 2.75) is 26.1 Å². The summed E-state index contributed by atoms with van der Waals surface area (Å²) in [5.41, 5.74) is 0. The zero-order chi connectivity index (χ0) is 9.10. The molecule has 1 N–H and O–H groups in total. The number of aromatic nitrogens is 2. The summed E-state index contributed by atoms with van der Waals surface area (Å²) < 4.78 is 10.7. The largest absolute Gasteiger partial charge is 0.423 e. The van der Waals surface area contributed by atoms with E-state index in [0.717, 1.165) is 19.5 Å². The molecule has 1 aromatic heterocycles. The van der Waals surface area contributed by atoms with Gasteiger partial charge in [0.1, 0.15) is 6.61 Å². The van der Waals surface area contributed by atoms with E-state index < -0.39 is 0 Å². The summed E-state index contributed by atoms with van der Waals surface area (Å²) in [6.45, 7) is 4.26. The highest BCUT2D eigenvalue weighted by Gasteiger charge is 2.18. The van der Waals surface area contributed by atoms with Crippen LogP contribution in [0.3, 0.4) is 0 Å². The SMILES string of the molecule is CCc1nnc(COC2CNC2)o1. The smallest absolute Gasteiger partial charge is 0.242 e. The van der Waals surface area contributed by atoms with Gasteiger partial charge in [-0.1, -0.05) is 6.92 Å². The summed E-state index contributed by atoms with van der Waals surface area (Å²) in [4.78, 5) is 0. The topological polar surface area (TPSA) is 60.2 Å². The highest BCUT2D eigenvalue weighted by Crippen LogP contribution is 2.05. The number of nitrogens with one attached hydrogen (secondary N) is 1. The second-order valence-corrected chi connectivity index (χ2v) is 3.03. The average Bonchev–Trinajstić information content (AvgIpc) is 2.49. The van der Waals surface area contributed by atoms with Crippen LogP contribution in [-0.4, -0.2) is 29.4 Å². The predicted molar refractivity (Wildman–Crippen MR) is 45.1 cm³/mol. The van der Waals surface area contributed by atoms with E-state index in [2.05, 4.69) is 15.5 Å². The standard InChI is InChI=1S/C8H13N3O2/c1-2-7-10-11-8(13-7)5-12-6-3-9-4-6/h6,9H,2-5H2,1H3. The second-order valence-electron chi connectivity index (χ2n) is 3.03. The minimum absolute atomic E-state index is 0.317. The Bertz CT molecular complexity index is 270. The summed E-state index contributed by atoms with van der Waals surface area (Å²) in [5.74, 6) is 1.24. The van der Waals surface area contributed by atoms with E-state index in [4.69, 9.17) is 9.15 Å². The Labute approximate surface area is 76.5 Å². The fraction of sp³-hybridized carbons (Fsp3) is 0.750. The van der Waals surface area contributed by atoms with Crippen LogP contribution in [-0.2, 0) is 17.8 Å². The molecule has 1 saturated heterocycles. The van der Waals surface area contributed by atoms with E-state index in [1.807, 2.05) is 6.92 Å². The molecule has 5 nitrogen and oxygen atoms in total. The minimum atomic E-state index is 0.317. The summed E-state index contributed by atoms with van der Waals surface area (Å²) >= 11 is 0. The Morgan fingerprint density at radius 3 is 2.77 bits per heavy atom. The van der Waals surface area contributed by atoms with Gasteiger partial charge in [-0.25, -0.2) is 0 Å². The van der Waals surface area contributed by atoms with Crippen LogP contribution in [0.25, 0.3) is 0 Å². The van der Waals surface area contributed by atoms with Gasteiger partial charge in [0, 0.05) is 19.5 Å². The van der Waals surface area contributed by atoms with E-state index in [1.165, 1.54) is 0 Å². The van der Waals surface area contributed by atoms with Gasteiger partial charge in [-0.3, -0.25) is 0 Å². The number of hydrogen-bond donors (Lipinski definition) is 1. The van der Waals surface area contributed by atoms with Crippen LogP contribution < -0.4 is 5.32 Å². The van der Waals surface area contributed by atoms with Crippen molar-refractivity contribution in [3.8, 4) is 0 Å². The first-order valence-electron chi connectivity index (χ1n) is 4.52. The van der Waals surface area contributed by atoms with E-state index >= 15 is 0 Å². The lowest BCUT2D eigenvalue weighted by Crippen LogP contribution is -2.48. The molecule has 0 bridgehead atoms. The maximum absolute atomic E-state index is 5.46. The number of hydrogen-bond acceptors (Lipinski definition) is 5. The van der Waals surface area contributed by atoms with Crippen molar-refractivity contribution in [3.05, 3.63) is 11.8 Å². The predicted octanol–water partition coefficient (Wildman–Crippen LogP) is 0.120. The molecule has 0 saturated carbocycles. The van der Waals surface area contributed by atoms with Gasteiger partial charge in [-0.2, -0.15) is 0 Å². The maximum Gasteiger partial charge on any atom is 0.242 e. The normalized spacial score (nSPS) is 17.3. The first kappa shape index (κ1) is 8.65. The van der Waals surface area contributed by atoms with Gasteiger partial charge < -0.3 is 14.5 Å². The molecule has 0 radical (unpaired) electrons. The number of ether oxygens (including phenoxy) is 1. The molecule has 2 heterocycles. The summed E-state index contributed by atoms with van der Waals surface area (Å²) in [5, 5.41) is 10.8. The van der Waals surface area contributed by atoms with Crippen LogP contribution in [0.1, 0.15) is 18.7 Å². The van der Waals surface area contributed by atoms with Crippen molar-refractivity contribution in [2.24, 2.45) is 0 Å². The third kappa shape index (κ3) is 2.05. The lowest BCUT2D eigenvalue weighted by Gasteiger charge is -2.26. The molecule has 0 aromatic carbocycles. The Hall–Kier alpha value is -0.940. The molecule has 1 aliphatic heterocycles. The lowest BCUT2D eigenvalue weighted by atomic mass is 10.2. The van der Waals surface area contributed by atoms with Gasteiger partial charge in [-0.05, 0) is 0 Å². The average molecular weight is 183 g/mol. The van der Waals surface area contributed by atoms with E-state index in [-0.39, 0.29) is 0 Å². The van der Waals surface area contributed by atoms with Gasteiger partial charge in [0.15, 0.2) is 0 Å². The maximum atomic E-state index is 5.46. The van der Waals surface area contributed by atoms with Crippen molar-refractivity contribution in [1.82, 2.24) is 15.5 Å². The van der Waals surface area contributed by atoms with Gasteiger partial charge in [0.05, 0.1) is 6.10 Å². The van der Waals surface area contributed by atoms with Crippen molar-refractivity contribution < 1.29 is 9.15 Å². The Kier molecular flexibility index (Phi) is 2.56.